The predicted molar refractivity (Wildman–Crippen MR) is 77.6 cm³/mol. The van der Waals surface area contributed by atoms with Crippen LogP contribution in [0, 0.1) is 0 Å². The lowest BCUT2D eigenvalue weighted by atomic mass is 10.1. The lowest BCUT2D eigenvalue weighted by Crippen LogP contribution is -2.37. The standard InChI is InChI=1S/C8H4O3.C7H15NO3/c9-7-5-3-1-2-4-6(5)8(10)11-7;1-2-4-8-6(3-5-9)7(10)11/h1-4H;6,8-9H,2-5H2,1H3,(H,10,11)/t;6-/m.0/s1. The molecule has 1 atom stereocenters. The van der Waals surface area contributed by atoms with Gasteiger partial charge in [0.15, 0.2) is 0 Å². The molecule has 0 spiro atoms. The van der Waals surface area contributed by atoms with Crippen molar-refractivity contribution in [3.63, 3.8) is 0 Å². The lowest BCUT2D eigenvalue weighted by molar-refractivity contribution is -0.139. The number of benzene rings is 1. The molecule has 22 heavy (non-hydrogen) atoms. The van der Waals surface area contributed by atoms with Crippen molar-refractivity contribution in [3.05, 3.63) is 35.4 Å². The van der Waals surface area contributed by atoms with Crippen LogP contribution in [0.3, 0.4) is 0 Å². The molecule has 0 amide bonds. The Kier molecular flexibility index (Phi) is 7.21. The number of aliphatic hydroxyl groups excluding tert-OH is 1. The Morgan fingerprint density at radius 2 is 1.77 bits per heavy atom. The zero-order valence-corrected chi connectivity index (χ0v) is 12.2. The number of fused-ring (bicyclic) bond motifs is 1. The molecule has 1 aliphatic heterocycles. The second-order valence-corrected chi connectivity index (χ2v) is 4.58. The molecule has 1 aromatic rings. The Balaban J connectivity index is 0.000000220. The zero-order chi connectivity index (χ0) is 16.5. The molecule has 7 heteroatoms. The summed E-state index contributed by atoms with van der Waals surface area (Å²) in [5.41, 5.74) is 0.718. The first-order valence-corrected chi connectivity index (χ1v) is 6.93. The number of carbonyl (C=O) groups excluding carboxylic acids is 2. The summed E-state index contributed by atoms with van der Waals surface area (Å²) in [4.78, 5) is 32.1. The number of aliphatic carboxylic acids is 1. The molecule has 1 aliphatic rings. The van der Waals surface area contributed by atoms with Gasteiger partial charge >= 0.3 is 17.9 Å². The van der Waals surface area contributed by atoms with Gasteiger partial charge in [0.2, 0.25) is 0 Å². The number of nitrogens with one attached hydrogen (secondary N) is 1. The van der Waals surface area contributed by atoms with E-state index in [1.165, 1.54) is 0 Å². The Morgan fingerprint density at radius 3 is 2.18 bits per heavy atom. The topological polar surface area (TPSA) is 113 Å². The average molecular weight is 309 g/mol. The number of ether oxygens (including phenoxy) is 1. The van der Waals surface area contributed by atoms with Crippen LogP contribution in [-0.2, 0) is 9.53 Å². The summed E-state index contributed by atoms with van der Waals surface area (Å²) >= 11 is 0. The molecule has 1 aromatic carbocycles. The van der Waals surface area contributed by atoms with E-state index in [0.717, 1.165) is 6.42 Å². The highest BCUT2D eigenvalue weighted by Crippen LogP contribution is 2.18. The third-order valence-electron chi connectivity index (χ3n) is 2.91. The maximum atomic E-state index is 10.8. The van der Waals surface area contributed by atoms with Gasteiger partial charge in [0, 0.05) is 6.61 Å². The van der Waals surface area contributed by atoms with Crippen LogP contribution in [0.4, 0.5) is 0 Å². The van der Waals surface area contributed by atoms with Gasteiger partial charge in [-0.2, -0.15) is 0 Å². The van der Waals surface area contributed by atoms with Gasteiger partial charge in [0.05, 0.1) is 11.1 Å². The number of esters is 2. The summed E-state index contributed by atoms with van der Waals surface area (Å²) in [6.07, 6.45) is 1.17. The summed E-state index contributed by atoms with van der Waals surface area (Å²) in [6, 6.07) is 5.93. The third kappa shape index (κ3) is 4.94. The maximum Gasteiger partial charge on any atom is 0.346 e. The zero-order valence-electron chi connectivity index (χ0n) is 12.2. The average Bonchev–Trinajstić information content (AvgIpc) is 2.79. The van der Waals surface area contributed by atoms with Crippen LogP contribution in [0.15, 0.2) is 24.3 Å². The highest BCUT2D eigenvalue weighted by atomic mass is 16.6. The van der Waals surface area contributed by atoms with Gasteiger partial charge in [-0.15, -0.1) is 0 Å². The minimum atomic E-state index is -0.896. The van der Waals surface area contributed by atoms with E-state index >= 15 is 0 Å². The van der Waals surface area contributed by atoms with E-state index in [1.807, 2.05) is 6.92 Å². The monoisotopic (exact) mass is 309 g/mol. The summed E-state index contributed by atoms with van der Waals surface area (Å²) in [7, 11) is 0. The molecule has 120 valence electrons. The van der Waals surface area contributed by atoms with E-state index in [2.05, 4.69) is 10.1 Å². The predicted octanol–water partition coefficient (Wildman–Crippen LogP) is 0.819. The highest BCUT2D eigenvalue weighted by Gasteiger charge is 2.28. The van der Waals surface area contributed by atoms with Gasteiger partial charge in [-0.3, -0.25) is 4.79 Å². The van der Waals surface area contributed by atoms with E-state index in [-0.39, 0.29) is 13.0 Å². The van der Waals surface area contributed by atoms with Gasteiger partial charge in [-0.25, -0.2) is 9.59 Å². The molecule has 0 saturated heterocycles. The molecule has 0 aromatic heterocycles. The normalized spacial score (nSPS) is 13.7. The molecule has 0 unspecified atom stereocenters. The van der Waals surface area contributed by atoms with Crippen LogP contribution in [0.1, 0.15) is 40.5 Å². The van der Waals surface area contributed by atoms with Crippen molar-refractivity contribution in [1.82, 2.24) is 5.32 Å². The SMILES string of the molecule is CCCN[C@@H](CCO)C(=O)O.O=C1OC(=O)c2ccccc21. The lowest BCUT2D eigenvalue weighted by Gasteiger charge is -2.11. The quantitative estimate of drug-likeness (QED) is 0.526. The van der Waals surface area contributed by atoms with E-state index in [1.54, 1.807) is 24.3 Å². The molecule has 0 bridgehead atoms. The third-order valence-corrected chi connectivity index (χ3v) is 2.91. The summed E-state index contributed by atoms with van der Waals surface area (Å²) < 4.78 is 4.35. The summed E-state index contributed by atoms with van der Waals surface area (Å²) in [5.74, 6) is -2.00. The molecule has 0 fully saturated rings. The smallest absolute Gasteiger partial charge is 0.346 e. The molecule has 0 saturated carbocycles. The number of carbonyl (C=O) groups is 3. The van der Waals surface area contributed by atoms with Crippen LogP contribution >= 0.6 is 0 Å². The van der Waals surface area contributed by atoms with Crippen LogP contribution in [0.2, 0.25) is 0 Å². The van der Waals surface area contributed by atoms with Crippen LogP contribution in [0.25, 0.3) is 0 Å². The molecular weight excluding hydrogens is 290 g/mol. The van der Waals surface area contributed by atoms with E-state index in [0.29, 0.717) is 17.7 Å². The van der Waals surface area contributed by atoms with Crippen molar-refractivity contribution >= 4 is 17.9 Å². The Hall–Kier alpha value is -2.25. The molecule has 3 N–H and O–H groups in total. The Labute approximate surface area is 127 Å². The second kappa shape index (κ2) is 8.91. The number of aliphatic hydroxyl groups is 1. The summed E-state index contributed by atoms with van der Waals surface area (Å²) in [5, 5.41) is 19.8. The molecule has 7 nitrogen and oxygen atoms in total. The van der Waals surface area contributed by atoms with Crippen molar-refractivity contribution in [1.29, 1.82) is 0 Å². The molecule has 0 aliphatic carbocycles. The number of cyclic esters (lactones) is 2. The molecule has 2 rings (SSSR count). The van der Waals surface area contributed by atoms with Crippen LogP contribution in [-0.4, -0.2) is 47.3 Å². The molecule has 0 radical (unpaired) electrons. The minimum absolute atomic E-state index is 0.0896. The largest absolute Gasteiger partial charge is 0.480 e. The second-order valence-electron chi connectivity index (χ2n) is 4.58. The fraction of sp³-hybridized carbons (Fsp3) is 0.400. The van der Waals surface area contributed by atoms with Gasteiger partial charge in [-0.05, 0) is 31.5 Å². The fourth-order valence-electron chi connectivity index (χ4n) is 1.79. The maximum absolute atomic E-state index is 10.8. The van der Waals surface area contributed by atoms with E-state index in [4.69, 9.17) is 10.2 Å². The Morgan fingerprint density at radius 1 is 1.23 bits per heavy atom. The van der Waals surface area contributed by atoms with E-state index in [9.17, 15) is 14.4 Å². The van der Waals surface area contributed by atoms with Crippen molar-refractivity contribution in [2.45, 2.75) is 25.8 Å². The number of carboxylic acids is 1. The first-order chi connectivity index (χ1) is 10.5. The van der Waals surface area contributed by atoms with Gasteiger partial charge in [0.25, 0.3) is 0 Å². The van der Waals surface area contributed by atoms with Crippen molar-refractivity contribution < 1.29 is 29.3 Å². The first kappa shape index (κ1) is 17.8. The summed E-state index contributed by atoms with van der Waals surface area (Å²) in [6.45, 7) is 2.55. The number of hydrogen-bond acceptors (Lipinski definition) is 6. The van der Waals surface area contributed by atoms with Crippen molar-refractivity contribution in [2.75, 3.05) is 13.2 Å². The van der Waals surface area contributed by atoms with Crippen LogP contribution in [0.5, 0.6) is 0 Å². The Bertz CT molecular complexity index is 510. The number of hydrogen-bond donors (Lipinski definition) is 3. The number of carboxylic acid groups (broad SMARTS) is 1. The minimum Gasteiger partial charge on any atom is -0.480 e. The van der Waals surface area contributed by atoms with Crippen LogP contribution < -0.4 is 5.32 Å². The van der Waals surface area contributed by atoms with Crippen molar-refractivity contribution in [2.24, 2.45) is 0 Å². The van der Waals surface area contributed by atoms with Crippen molar-refractivity contribution in [3.8, 4) is 0 Å². The molecule has 1 heterocycles. The van der Waals surface area contributed by atoms with Gasteiger partial charge in [-0.1, -0.05) is 19.1 Å². The number of rotatable bonds is 6. The molecular formula is C15H19NO6. The van der Waals surface area contributed by atoms with Gasteiger partial charge < -0.3 is 20.3 Å². The highest BCUT2D eigenvalue weighted by molar-refractivity contribution is 6.14. The van der Waals surface area contributed by atoms with E-state index < -0.39 is 23.9 Å². The van der Waals surface area contributed by atoms with Gasteiger partial charge in [0.1, 0.15) is 6.04 Å². The first-order valence-electron chi connectivity index (χ1n) is 6.93. The fourth-order valence-corrected chi connectivity index (χ4v) is 1.79.